The van der Waals surface area contributed by atoms with Gasteiger partial charge in [-0.05, 0) is 48.5 Å². The van der Waals surface area contributed by atoms with Crippen LogP contribution in [0.25, 0.3) is 0 Å². The highest BCUT2D eigenvalue weighted by Gasteiger charge is 2.17. The van der Waals surface area contributed by atoms with E-state index in [9.17, 15) is 14.4 Å². The van der Waals surface area contributed by atoms with Gasteiger partial charge in [-0.2, -0.15) is 5.10 Å². The van der Waals surface area contributed by atoms with Gasteiger partial charge < -0.3 is 24.3 Å². The van der Waals surface area contributed by atoms with E-state index in [0.29, 0.717) is 33.4 Å². The molecule has 0 fully saturated rings. The Morgan fingerprint density at radius 2 is 1.51 bits per heavy atom. The van der Waals surface area contributed by atoms with E-state index >= 15 is 0 Å². The van der Waals surface area contributed by atoms with E-state index in [1.807, 2.05) is 0 Å². The van der Waals surface area contributed by atoms with Crippen molar-refractivity contribution in [1.82, 2.24) is 10.7 Å². The second-order valence-electron chi connectivity index (χ2n) is 7.32. The molecule has 0 aromatic heterocycles. The fourth-order valence-electron chi connectivity index (χ4n) is 3.11. The van der Waals surface area contributed by atoms with Gasteiger partial charge in [-0.3, -0.25) is 9.59 Å². The van der Waals surface area contributed by atoms with Gasteiger partial charge in [-0.25, -0.2) is 10.2 Å². The van der Waals surface area contributed by atoms with Gasteiger partial charge in [0, 0.05) is 16.1 Å². The number of rotatable bonds is 10. The maximum atomic E-state index is 12.5. The van der Waals surface area contributed by atoms with Gasteiger partial charge in [0.1, 0.15) is 5.75 Å². The highest BCUT2D eigenvalue weighted by atomic mass is 35.5. The second kappa shape index (κ2) is 12.9. The Morgan fingerprint density at radius 3 is 2.14 bits per heavy atom. The van der Waals surface area contributed by atoms with Crippen molar-refractivity contribution >= 4 is 35.6 Å². The first-order valence-corrected chi connectivity index (χ1v) is 11.2. The summed E-state index contributed by atoms with van der Waals surface area (Å²) in [6, 6.07) is 15.9. The summed E-state index contributed by atoms with van der Waals surface area (Å²) in [5.74, 6) is -0.488. The number of amides is 2. The van der Waals surface area contributed by atoms with Crippen LogP contribution in [0.2, 0.25) is 5.02 Å². The van der Waals surface area contributed by atoms with Crippen molar-refractivity contribution < 1.29 is 33.3 Å². The Kier molecular flexibility index (Phi) is 9.45. The molecule has 0 saturated heterocycles. The van der Waals surface area contributed by atoms with E-state index in [1.54, 1.807) is 48.5 Å². The molecule has 0 radical (unpaired) electrons. The van der Waals surface area contributed by atoms with Gasteiger partial charge in [0.2, 0.25) is 5.75 Å². The van der Waals surface area contributed by atoms with E-state index in [2.05, 4.69) is 15.8 Å². The zero-order valence-electron chi connectivity index (χ0n) is 20.2. The number of esters is 1. The molecule has 0 saturated carbocycles. The molecule has 0 aliphatic heterocycles. The van der Waals surface area contributed by atoms with E-state index in [4.69, 9.17) is 30.5 Å². The standard InChI is InChI=1S/C26H24ClN3O7/c1-34-21-12-18(13-22(35-2)24(21)36-3)25(32)28-15-23(31)30-29-14-17-6-4-5-7-20(17)37-26(33)16-8-10-19(27)11-9-16/h4-14H,15H2,1-3H3,(H,28,32)(H,30,31)/b29-14-. The van der Waals surface area contributed by atoms with Crippen LogP contribution < -0.4 is 29.7 Å². The molecule has 10 nitrogen and oxygen atoms in total. The van der Waals surface area contributed by atoms with Crippen molar-refractivity contribution in [2.75, 3.05) is 27.9 Å². The highest BCUT2D eigenvalue weighted by molar-refractivity contribution is 6.30. The van der Waals surface area contributed by atoms with Crippen LogP contribution in [0.5, 0.6) is 23.0 Å². The third-order valence-corrected chi connectivity index (χ3v) is 5.18. The molecule has 3 aromatic carbocycles. The monoisotopic (exact) mass is 525 g/mol. The fraction of sp³-hybridized carbons (Fsp3) is 0.154. The summed E-state index contributed by atoms with van der Waals surface area (Å²) in [7, 11) is 4.31. The zero-order valence-corrected chi connectivity index (χ0v) is 21.0. The number of para-hydroxylation sites is 1. The molecule has 3 rings (SSSR count). The SMILES string of the molecule is COc1cc(C(=O)NCC(=O)N/N=C\c2ccccc2OC(=O)c2ccc(Cl)cc2)cc(OC)c1OC. The fourth-order valence-corrected chi connectivity index (χ4v) is 3.24. The molecule has 3 aromatic rings. The molecule has 2 amide bonds. The number of methoxy groups -OCH3 is 3. The summed E-state index contributed by atoms with van der Waals surface area (Å²) in [5.41, 5.74) is 3.30. The molecule has 0 bridgehead atoms. The number of ether oxygens (including phenoxy) is 4. The van der Waals surface area contributed by atoms with Gasteiger partial charge in [-0.1, -0.05) is 23.7 Å². The minimum Gasteiger partial charge on any atom is -0.493 e. The first kappa shape index (κ1) is 27.0. The predicted molar refractivity (Wildman–Crippen MR) is 137 cm³/mol. The zero-order chi connectivity index (χ0) is 26.8. The number of carbonyl (C=O) groups excluding carboxylic acids is 3. The topological polar surface area (TPSA) is 125 Å². The van der Waals surface area contributed by atoms with Crippen LogP contribution in [0.3, 0.4) is 0 Å². The van der Waals surface area contributed by atoms with E-state index in [1.165, 1.54) is 39.7 Å². The summed E-state index contributed by atoms with van der Waals surface area (Å²) in [5, 5.41) is 6.87. The highest BCUT2D eigenvalue weighted by Crippen LogP contribution is 2.38. The van der Waals surface area contributed by atoms with Crippen LogP contribution in [-0.4, -0.2) is 51.9 Å². The first-order valence-electron chi connectivity index (χ1n) is 10.8. The number of halogens is 1. The molecule has 0 unspecified atom stereocenters. The van der Waals surface area contributed by atoms with Crippen molar-refractivity contribution in [2.45, 2.75) is 0 Å². The Bertz CT molecular complexity index is 1280. The van der Waals surface area contributed by atoms with E-state index in [-0.39, 0.29) is 17.9 Å². The lowest BCUT2D eigenvalue weighted by atomic mass is 10.1. The van der Waals surface area contributed by atoms with Gasteiger partial charge in [0.15, 0.2) is 11.5 Å². The molecular weight excluding hydrogens is 502 g/mol. The summed E-state index contributed by atoms with van der Waals surface area (Å²) < 4.78 is 21.1. The number of hydrogen-bond donors (Lipinski definition) is 2. The van der Waals surface area contributed by atoms with E-state index in [0.717, 1.165) is 0 Å². The van der Waals surface area contributed by atoms with Crippen LogP contribution in [0.15, 0.2) is 65.8 Å². The number of benzene rings is 3. The average Bonchev–Trinajstić information content (AvgIpc) is 2.92. The van der Waals surface area contributed by atoms with Crippen LogP contribution in [-0.2, 0) is 4.79 Å². The van der Waals surface area contributed by atoms with Crippen molar-refractivity contribution in [2.24, 2.45) is 5.10 Å². The number of hydrogen-bond acceptors (Lipinski definition) is 8. The molecule has 11 heteroatoms. The van der Waals surface area contributed by atoms with Crippen LogP contribution >= 0.6 is 11.6 Å². The lowest BCUT2D eigenvalue weighted by Crippen LogP contribution is -2.35. The third-order valence-electron chi connectivity index (χ3n) is 4.93. The van der Waals surface area contributed by atoms with Gasteiger partial charge in [0.25, 0.3) is 11.8 Å². The molecule has 0 atom stereocenters. The van der Waals surface area contributed by atoms with Gasteiger partial charge >= 0.3 is 5.97 Å². The van der Waals surface area contributed by atoms with Crippen LogP contribution in [0, 0.1) is 0 Å². The van der Waals surface area contributed by atoms with Crippen molar-refractivity contribution in [1.29, 1.82) is 0 Å². The molecule has 37 heavy (non-hydrogen) atoms. The molecule has 0 spiro atoms. The Labute approximate surface area is 218 Å². The van der Waals surface area contributed by atoms with E-state index < -0.39 is 17.8 Å². The number of carbonyl (C=O) groups is 3. The summed E-state index contributed by atoms with van der Waals surface area (Å²) in [6.45, 7) is -0.347. The molecule has 2 N–H and O–H groups in total. The van der Waals surface area contributed by atoms with Crippen molar-refractivity contribution in [3.8, 4) is 23.0 Å². The largest absolute Gasteiger partial charge is 0.493 e. The Balaban J connectivity index is 1.58. The number of nitrogens with zero attached hydrogens (tertiary/aromatic N) is 1. The summed E-state index contributed by atoms with van der Waals surface area (Å²) in [6.07, 6.45) is 1.32. The van der Waals surface area contributed by atoms with Crippen LogP contribution in [0.1, 0.15) is 26.3 Å². The number of hydrazone groups is 1. The van der Waals surface area contributed by atoms with Gasteiger partial charge in [-0.15, -0.1) is 0 Å². The smallest absolute Gasteiger partial charge is 0.343 e. The van der Waals surface area contributed by atoms with Crippen molar-refractivity contribution in [3.05, 3.63) is 82.4 Å². The molecular formula is C26H24ClN3O7. The lowest BCUT2D eigenvalue weighted by molar-refractivity contribution is -0.120. The molecule has 0 aliphatic rings. The predicted octanol–water partition coefficient (Wildman–Crippen LogP) is 3.47. The van der Waals surface area contributed by atoms with Crippen molar-refractivity contribution in [3.63, 3.8) is 0 Å². The number of nitrogens with one attached hydrogen (secondary N) is 2. The normalized spacial score (nSPS) is 10.5. The second-order valence-corrected chi connectivity index (χ2v) is 7.76. The molecule has 192 valence electrons. The third kappa shape index (κ3) is 7.21. The summed E-state index contributed by atoms with van der Waals surface area (Å²) >= 11 is 5.85. The Morgan fingerprint density at radius 1 is 0.865 bits per heavy atom. The average molecular weight is 526 g/mol. The molecule has 0 heterocycles. The first-order chi connectivity index (χ1) is 17.9. The molecule has 0 aliphatic carbocycles. The van der Waals surface area contributed by atoms with Gasteiger partial charge in [0.05, 0.1) is 39.7 Å². The maximum Gasteiger partial charge on any atom is 0.343 e. The van der Waals surface area contributed by atoms with Crippen LogP contribution in [0.4, 0.5) is 0 Å². The summed E-state index contributed by atoms with van der Waals surface area (Å²) in [4.78, 5) is 37.1. The minimum absolute atomic E-state index is 0.210. The minimum atomic E-state index is -0.576. The maximum absolute atomic E-state index is 12.5. The quantitative estimate of drug-likeness (QED) is 0.180. The lowest BCUT2D eigenvalue weighted by Gasteiger charge is -2.14. The Hall–Kier alpha value is -4.57.